The highest BCUT2D eigenvalue weighted by Gasteiger charge is 2.35. The van der Waals surface area contributed by atoms with Crippen LogP contribution in [0.15, 0.2) is 0 Å². The van der Waals surface area contributed by atoms with E-state index in [0.717, 1.165) is 12.8 Å². The van der Waals surface area contributed by atoms with E-state index >= 15 is 0 Å². The van der Waals surface area contributed by atoms with Gasteiger partial charge in [-0.25, -0.2) is 0 Å². The van der Waals surface area contributed by atoms with Gasteiger partial charge in [-0.05, 0) is 26.7 Å². The zero-order valence-corrected chi connectivity index (χ0v) is 9.23. The van der Waals surface area contributed by atoms with Gasteiger partial charge in [-0.1, -0.05) is 0 Å². The number of nitrogens with zero attached hydrogens (tertiary/aromatic N) is 1. The second-order valence-corrected chi connectivity index (χ2v) is 3.79. The summed E-state index contributed by atoms with van der Waals surface area (Å²) in [7, 11) is 0. The lowest BCUT2D eigenvalue weighted by Gasteiger charge is -2.22. The molecule has 1 saturated carbocycles. The van der Waals surface area contributed by atoms with Gasteiger partial charge in [0.1, 0.15) is 6.54 Å². The molecule has 0 aromatic rings. The van der Waals surface area contributed by atoms with Gasteiger partial charge in [0.2, 0.25) is 5.91 Å². The van der Waals surface area contributed by atoms with E-state index in [2.05, 4.69) is 0 Å². The van der Waals surface area contributed by atoms with E-state index in [0.29, 0.717) is 6.61 Å². The first kappa shape index (κ1) is 12.0. The van der Waals surface area contributed by atoms with Gasteiger partial charge < -0.3 is 15.4 Å². The summed E-state index contributed by atoms with van der Waals surface area (Å²) in [5, 5.41) is 0. The normalized spacial score (nSPS) is 17.0. The van der Waals surface area contributed by atoms with Crippen molar-refractivity contribution in [2.75, 3.05) is 13.2 Å². The summed E-state index contributed by atoms with van der Waals surface area (Å²) in [5.74, 6) is -0.538. The molecule has 0 aromatic carbocycles. The third-order valence-electron chi connectivity index (χ3n) is 2.27. The van der Waals surface area contributed by atoms with Crippen LogP contribution in [-0.2, 0) is 14.3 Å². The molecule has 0 unspecified atom stereocenters. The van der Waals surface area contributed by atoms with E-state index in [9.17, 15) is 9.59 Å². The highest BCUT2D eigenvalue weighted by molar-refractivity contribution is 5.85. The van der Waals surface area contributed by atoms with E-state index in [-0.39, 0.29) is 24.5 Å². The SMILES string of the molecule is CCOC(=O)CN(C(=O)[C@@H](C)N)C1CC1. The minimum Gasteiger partial charge on any atom is -0.465 e. The van der Waals surface area contributed by atoms with Crippen LogP contribution < -0.4 is 5.73 Å². The van der Waals surface area contributed by atoms with Crippen LogP contribution in [0, 0.1) is 0 Å². The van der Waals surface area contributed by atoms with Crippen LogP contribution in [0.5, 0.6) is 0 Å². The minimum absolute atomic E-state index is 0.0267. The molecule has 1 aliphatic rings. The number of ether oxygens (including phenoxy) is 1. The monoisotopic (exact) mass is 214 g/mol. The van der Waals surface area contributed by atoms with Gasteiger partial charge in [-0.2, -0.15) is 0 Å². The van der Waals surface area contributed by atoms with Gasteiger partial charge >= 0.3 is 5.97 Å². The predicted octanol–water partition coefficient (Wildman–Crippen LogP) is -0.112. The molecule has 0 aliphatic heterocycles. The maximum atomic E-state index is 11.7. The number of rotatable bonds is 5. The largest absolute Gasteiger partial charge is 0.465 e. The van der Waals surface area contributed by atoms with E-state index in [1.54, 1.807) is 13.8 Å². The maximum absolute atomic E-state index is 11.7. The molecule has 5 nitrogen and oxygen atoms in total. The van der Waals surface area contributed by atoms with Crippen LogP contribution in [-0.4, -0.2) is 42.0 Å². The van der Waals surface area contributed by atoms with Crippen molar-refractivity contribution in [3.8, 4) is 0 Å². The second-order valence-electron chi connectivity index (χ2n) is 3.79. The van der Waals surface area contributed by atoms with Crippen molar-refractivity contribution in [1.82, 2.24) is 4.90 Å². The van der Waals surface area contributed by atoms with Crippen molar-refractivity contribution in [3.63, 3.8) is 0 Å². The number of esters is 1. The van der Waals surface area contributed by atoms with E-state index in [1.807, 2.05) is 0 Å². The number of hydrogen-bond acceptors (Lipinski definition) is 4. The zero-order valence-electron chi connectivity index (χ0n) is 9.23. The average Bonchev–Trinajstić information content (AvgIpc) is 2.96. The van der Waals surface area contributed by atoms with Crippen LogP contribution in [0.1, 0.15) is 26.7 Å². The lowest BCUT2D eigenvalue weighted by molar-refractivity contribution is -0.149. The molecule has 0 spiro atoms. The molecule has 1 rings (SSSR count). The molecule has 1 atom stereocenters. The van der Waals surface area contributed by atoms with Gasteiger partial charge in [-0.15, -0.1) is 0 Å². The average molecular weight is 214 g/mol. The summed E-state index contributed by atoms with van der Waals surface area (Å²) >= 11 is 0. The van der Waals surface area contributed by atoms with Crippen LogP contribution in [0.25, 0.3) is 0 Å². The fourth-order valence-corrected chi connectivity index (χ4v) is 1.38. The molecular formula is C10H18N2O3. The quantitative estimate of drug-likeness (QED) is 0.648. The van der Waals surface area contributed by atoms with E-state index in [4.69, 9.17) is 10.5 Å². The number of carbonyl (C=O) groups is 2. The summed E-state index contributed by atoms with van der Waals surface area (Å²) in [4.78, 5) is 24.4. The molecule has 86 valence electrons. The Balaban J connectivity index is 2.51. The Morgan fingerprint density at radius 2 is 2.13 bits per heavy atom. The molecule has 5 heteroatoms. The standard InChI is InChI=1S/C10H18N2O3/c1-3-15-9(13)6-12(8-4-5-8)10(14)7(2)11/h7-8H,3-6,11H2,1-2H3/t7-/m1/s1. The van der Waals surface area contributed by atoms with Crippen molar-refractivity contribution in [2.24, 2.45) is 5.73 Å². The number of amides is 1. The zero-order chi connectivity index (χ0) is 11.4. The maximum Gasteiger partial charge on any atom is 0.325 e. The first-order valence-corrected chi connectivity index (χ1v) is 5.28. The molecule has 0 saturated heterocycles. The Labute approximate surface area is 89.6 Å². The fourth-order valence-electron chi connectivity index (χ4n) is 1.38. The predicted molar refractivity (Wildman–Crippen MR) is 55.0 cm³/mol. The highest BCUT2D eigenvalue weighted by Crippen LogP contribution is 2.27. The first-order valence-electron chi connectivity index (χ1n) is 5.28. The molecule has 0 radical (unpaired) electrons. The van der Waals surface area contributed by atoms with Gasteiger partial charge in [0.25, 0.3) is 0 Å². The molecule has 0 aromatic heterocycles. The Morgan fingerprint density at radius 3 is 2.53 bits per heavy atom. The summed E-state index contributed by atoms with van der Waals surface area (Å²) in [5.41, 5.74) is 5.51. The summed E-state index contributed by atoms with van der Waals surface area (Å²) < 4.78 is 4.81. The minimum atomic E-state index is -0.556. The number of nitrogens with two attached hydrogens (primary N) is 1. The van der Waals surface area contributed by atoms with Crippen LogP contribution in [0.4, 0.5) is 0 Å². The lowest BCUT2D eigenvalue weighted by Crippen LogP contribution is -2.46. The Bertz CT molecular complexity index is 249. The second kappa shape index (κ2) is 5.11. The Kier molecular flexibility index (Phi) is 4.08. The topological polar surface area (TPSA) is 72.6 Å². The van der Waals surface area contributed by atoms with Crippen LogP contribution in [0.3, 0.4) is 0 Å². The molecule has 15 heavy (non-hydrogen) atoms. The van der Waals surface area contributed by atoms with Gasteiger partial charge in [0, 0.05) is 6.04 Å². The molecule has 2 N–H and O–H groups in total. The van der Waals surface area contributed by atoms with Crippen molar-refractivity contribution in [1.29, 1.82) is 0 Å². The molecule has 1 amide bonds. The van der Waals surface area contributed by atoms with Gasteiger partial charge in [-0.3, -0.25) is 9.59 Å². The molecule has 0 bridgehead atoms. The van der Waals surface area contributed by atoms with Crippen molar-refractivity contribution >= 4 is 11.9 Å². The van der Waals surface area contributed by atoms with Gasteiger partial charge in [0.15, 0.2) is 0 Å². The van der Waals surface area contributed by atoms with E-state index in [1.165, 1.54) is 4.90 Å². The van der Waals surface area contributed by atoms with E-state index < -0.39 is 6.04 Å². The third-order valence-corrected chi connectivity index (χ3v) is 2.27. The molecule has 1 fully saturated rings. The number of carbonyl (C=O) groups excluding carboxylic acids is 2. The summed E-state index contributed by atoms with van der Waals surface area (Å²) in [6.45, 7) is 3.73. The Hall–Kier alpha value is -1.10. The highest BCUT2D eigenvalue weighted by atomic mass is 16.5. The van der Waals surface area contributed by atoms with Crippen LogP contribution in [0.2, 0.25) is 0 Å². The molecule has 1 aliphatic carbocycles. The van der Waals surface area contributed by atoms with Gasteiger partial charge in [0.05, 0.1) is 12.6 Å². The first-order chi connectivity index (χ1) is 7.06. The Morgan fingerprint density at radius 1 is 1.53 bits per heavy atom. The number of hydrogen-bond donors (Lipinski definition) is 1. The third kappa shape index (κ3) is 3.51. The van der Waals surface area contributed by atoms with Crippen molar-refractivity contribution < 1.29 is 14.3 Å². The lowest BCUT2D eigenvalue weighted by atomic mass is 10.3. The molecule has 0 heterocycles. The molecular weight excluding hydrogens is 196 g/mol. The summed E-state index contributed by atoms with van der Waals surface area (Å²) in [6.07, 6.45) is 1.91. The fraction of sp³-hybridized carbons (Fsp3) is 0.800. The smallest absolute Gasteiger partial charge is 0.325 e. The summed E-state index contributed by atoms with van der Waals surface area (Å²) in [6, 6.07) is -0.368. The van der Waals surface area contributed by atoms with Crippen LogP contribution >= 0.6 is 0 Å². The van der Waals surface area contributed by atoms with Crippen molar-refractivity contribution in [3.05, 3.63) is 0 Å². The van der Waals surface area contributed by atoms with Crippen molar-refractivity contribution in [2.45, 2.75) is 38.8 Å².